The fourth-order valence-corrected chi connectivity index (χ4v) is 6.37. The molecule has 0 radical (unpaired) electrons. The molecule has 2 aliphatic heterocycles. The predicted octanol–water partition coefficient (Wildman–Crippen LogP) is 3.41. The van der Waals surface area contributed by atoms with E-state index in [1.54, 1.807) is 40.3 Å². The Balaban J connectivity index is 1.45. The van der Waals surface area contributed by atoms with Crippen molar-refractivity contribution in [3.63, 3.8) is 0 Å². The van der Waals surface area contributed by atoms with Crippen LogP contribution >= 0.6 is 11.8 Å². The first-order valence-corrected chi connectivity index (χ1v) is 12.3. The minimum atomic E-state index is -3.52. The van der Waals surface area contributed by atoms with Crippen LogP contribution in [0.25, 0.3) is 0 Å². The third-order valence-corrected chi connectivity index (χ3v) is 8.17. The molecule has 0 atom stereocenters. The van der Waals surface area contributed by atoms with E-state index >= 15 is 0 Å². The fourth-order valence-electron chi connectivity index (χ4n) is 3.75. The molecule has 0 unspecified atom stereocenters. The molecule has 0 saturated carbocycles. The summed E-state index contributed by atoms with van der Waals surface area (Å²) in [5, 5.41) is 2.87. The number of carbonyl (C=O) groups is 1. The molecule has 1 N–H and O–H groups in total. The number of amides is 1. The highest BCUT2D eigenvalue weighted by Gasteiger charge is 2.26. The van der Waals surface area contributed by atoms with Gasteiger partial charge in [-0.15, -0.1) is 11.8 Å². The third kappa shape index (κ3) is 4.60. The van der Waals surface area contributed by atoms with E-state index in [9.17, 15) is 13.2 Å². The number of nitrogens with one attached hydrogen (secondary N) is 1. The van der Waals surface area contributed by atoms with Gasteiger partial charge in [0.1, 0.15) is 0 Å². The Morgan fingerprint density at radius 1 is 1.00 bits per heavy atom. The minimum Gasteiger partial charge on any atom is -0.360 e. The average molecular weight is 432 g/mol. The number of rotatable bonds is 5. The Kier molecular flexibility index (Phi) is 6.12. The van der Waals surface area contributed by atoms with Gasteiger partial charge in [0.25, 0.3) is 0 Å². The monoisotopic (exact) mass is 431 g/mol. The summed E-state index contributed by atoms with van der Waals surface area (Å²) in [5.74, 6) is 0.785. The summed E-state index contributed by atoms with van der Waals surface area (Å²) in [5.41, 5.74) is 1.58. The molecule has 0 spiro atoms. The van der Waals surface area contributed by atoms with Crippen LogP contribution in [-0.4, -0.2) is 50.6 Å². The second-order valence-corrected chi connectivity index (χ2v) is 10.4. The van der Waals surface area contributed by atoms with E-state index in [-0.39, 0.29) is 17.3 Å². The molecule has 8 heteroatoms. The van der Waals surface area contributed by atoms with Crippen LogP contribution in [0, 0.1) is 0 Å². The van der Waals surface area contributed by atoms with Crippen molar-refractivity contribution in [2.45, 2.75) is 29.1 Å². The molecule has 0 bridgehead atoms. The van der Waals surface area contributed by atoms with E-state index in [1.165, 1.54) is 4.90 Å². The van der Waals surface area contributed by atoms with Crippen molar-refractivity contribution in [2.75, 3.05) is 42.1 Å². The number of piperidine rings is 1. The molecular formula is C21H25N3O3S2. The van der Waals surface area contributed by atoms with E-state index in [0.717, 1.165) is 37.2 Å². The summed E-state index contributed by atoms with van der Waals surface area (Å²) in [7, 11) is -3.52. The van der Waals surface area contributed by atoms with Gasteiger partial charge in [0.15, 0.2) is 0 Å². The van der Waals surface area contributed by atoms with Crippen LogP contribution in [0.4, 0.5) is 11.4 Å². The van der Waals surface area contributed by atoms with Gasteiger partial charge in [-0.2, -0.15) is 4.31 Å². The highest BCUT2D eigenvalue weighted by Crippen LogP contribution is 2.34. The third-order valence-electron chi connectivity index (χ3n) is 5.23. The highest BCUT2D eigenvalue weighted by molar-refractivity contribution is 7.99. The quantitative estimate of drug-likeness (QED) is 0.786. The van der Waals surface area contributed by atoms with Gasteiger partial charge in [0.05, 0.1) is 17.1 Å². The standard InChI is InChI=1S/C21H25N3O3S2/c25-21(16-23-13-14-28-20-10-3-2-9-19(20)23)22-17-7-6-8-18(15-17)29(26,27)24-11-4-1-5-12-24/h2-3,6-10,15H,1,4-5,11-14,16H2,(H,22,25). The molecule has 0 aromatic heterocycles. The molecule has 1 fully saturated rings. The molecule has 4 rings (SSSR count). The van der Waals surface area contributed by atoms with Crippen molar-refractivity contribution in [1.82, 2.24) is 4.31 Å². The lowest BCUT2D eigenvalue weighted by molar-refractivity contribution is -0.115. The lowest BCUT2D eigenvalue weighted by atomic mass is 10.2. The van der Waals surface area contributed by atoms with E-state index in [4.69, 9.17) is 0 Å². The molecule has 29 heavy (non-hydrogen) atoms. The van der Waals surface area contributed by atoms with Crippen LogP contribution in [0.15, 0.2) is 58.3 Å². The summed E-state index contributed by atoms with van der Waals surface area (Å²) >= 11 is 1.80. The van der Waals surface area contributed by atoms with Crippen molar-refractivity contribution in [3.8, 4) is 0 Å². The Labute approximate surface area is 176 Å². The Bertz CT molecular complexity index is 988. The van der Waals surface area contributed by atoms with Crippen molar-refractivity contribution < 1.29 is 13.2 Å². The Morgan fingerprint density at radius 2 is 1.79 bits per heavy atom. The number of hydrogen-bond donors (Lipinski definition) is 1. The Hall–Kier alpha value is -2.03. The zero-order valence-corrected chi connectivity index (χ0v) is 17.8. The number of hydrogen-bond acceptors (Lipinski definition) is 5. The second-order valence-electron chi connectivity index (χ2n) is 7.28. The molecule has 2 aromatic rings. The van der Waals surface area contributed by atoms with Gasteiger partial charge in [-0.25, -0.2) is 8.42 Å². The summed E-state index contributed by atoms with van der Waals surface area (Å²) < 4.78 is 27.3. The number of para-hydroxylation sites is 1. The molecule has 154 valence electrons. The van der Waals surface area contributed by atoms with Crippen LogP contribution in [0.2, 0.25) is 0 Å². The average Bonchev–Trinajstić information content (AvgIpc) is 2.75. The lowest BCUT2D eigenvalue weighted by Gasteiger charge is -2.30. The van der Waals surface area contributed by atoms with Gasteiger partial charge < -0.3 is 10.2 Å². The Morgan fingerprint density at radius 3 is 2.62 bits per heavy atom. The van der Waals surface area contributed by atoms with Crippen molar-refractivity contribution in [1.29, 1.82) is 0 Å². The van der Waals surface area contributed by atoms with Gasteiger partial charge in [-0.3, -0.25) is 4.79 Å². The van der Waals surface area contributed by atoms with E-state index < -0.39 is 10.0 Å². The molecule has 2 aliphatic rings. The number of sulfonamides is 1. The summed E-state index contributed by atoms with van der Waals surface area (Å²) in [6, 6.07) is 14.6. The molecular weight excluding hydrogens is 406 g/mol. The molecule has 6 nitrogen and oxygen atoms in total. The normalized spacial score (nSPS) is 17.6. The van der Waals surface area contributed by atoms with Crippen LogP contribution in [-0.2, 0) is 14.8 Å². The maximum Gasteiger partial charge on any atom is 0.243 e. The number of carbonyl (C=O) groups excluding carboxylic acids is 1. The summed E-state index contributed by atoms with van der Waals surface area (Å²) in [6.45, 7) is 2.16. The predicted molar refractivity (Wildman–Crippen MR) is 117 cm³/mol. The first-order chi connectivity index (χ1) is 14.0. The van der Waals surface area contributed by atoms with Crippen molar-refractivity contribution in [2.24, 2.45) is 0 Å². The SMILES string of the molecule is O=C(CN1CCSc2ccccc21)Nc1cccc(S(=O)(=O)N2CCCCC2)c1. The molecule has 2 heterocycles. The molecule has 1 amide bonds. The van der Waals surface area contributed by atoms with Crippen LogP contribution in [0.5, 0.6) is 0 Å². The van der Waals surface area contributed by atoms with Crippen LogP contribution < -0.4 is 10.2 Å². The summed E-state index contributed by atoms with van der Waals surface area (Å²) in [6.07, 6.45) is 2.86. The van der Waals surface area contributed by atoms with Gasteiger partial charge >= 0.3 is 0 Å². The van der Waals surface area contributed by atoms with Gasteiger partial charge in [-0.05, 0) is 43.2 Å². The summed E-state index contributed by atoms with van der Waals surface area (Å²) in [4.78, 5) is 16.1. The first-order valence-electron chi connectivity index (χ1n) is 9.91. The van der Waals surface area contributed by atoms with E-state index in [1.807, 2.05) is 18.2 Å². The maximum absolute atomic E-state index is 12.9. The minimum absolute atomic E-state index is 0.153. The zero-order chi connectivity index (χ0) is 20.3. The van der Waals surface area contributed by atoms with Crippen molar-refractivity contribution in [3.05, 3.63) is 48.5 Å². The maximum atomic E-state index is 12.9. The number of thioether (sulfide) groups is 1. The number of benzene rings is 2. The largest absolute Gasteiger partial charge is 0.360 e. The fraction of sp³-hybridized carbons (Fsp3) is 0.381. The number of fused-ring (bicyclic) bond motifs is 1. The molecule has 2 aromatic carbocycles. The van der Waals surface area contributed by atoms with Crippen molar-refractivity contribution >= 4 is 39.1 Å². The molecule has 0 aliphatic carbocycles. The van der Waals surface area contributed by atoms with Gasteiger partial charge in [0, 0.05) is 36.0 Å². The number of nitrogens with zero attached hydrogens (tertiary/aromatic N) is 2. The molecule has 1 saturated heterocycles. The van der Waals surface area contributed by atoms with Crippen LogP contribution in [0.3, 0.4) is 0 Å². The van der Waals surface area contributed by atoms with E-state index in [0.29, 0.717) is 18.8 Å². The lowest BCUT2D eigenvalue weighted by Crippen LogP contribution is -2.37. The smallest absolute Gasteiger partial charge is 0.243 e. The topological polar surface area (TPSA) is 69.7 Å². The number of anilines is 2. The first kappa shape index (κ1) is 20.3. The zero-order valence-electron chi connectivity index (χ0n) is 16.2. The highest BCUT2D eigenvalue weighted by atomic mass is 32.2. The second kappa shape index (κ2) is 8.77. The van der Waals surface area contributed by atoms with E-state index in [2.05, 4.69) is 16.3 Å². The van der Waals surface area contributed by atoms with Crippen LogP contribution in [0.1, 0.15) is 19.3 Å². The van der Waals surface area contributed by atoms with Gasteiger partial charge in [0.2, 0.25) is 15.9 Å². The van der Waals surface area contributed by atoms with Gasteiger partial charge in [-0.1, -0.05) is 24.6 Å².